The van der Waals surface area contributed by atoms with E-state index in [1.165, 1.54) is 122 Å². The molecule has 1 atom stereocenters. The van der Waals surface area contributed by atoms with Crippen molar-refractivity contribution in [3.8, 4) is 0 Å². The summed E-state index contributed by atoms with van der Waals surface area (Å²) in [6, 6.07) is 0.628. The van der Waals surface area contributed by atoms with Gasteiger partial charge in [0.1, 0.15) is 0 Å². The molecular formula is C31H59N. The van der Waals surface area contributed by atoms with E-state index in [0.717, 1.165) is 6.42 Å². The summed E-state index contributed by atoms with van der Waals surface area (Å²) in [5.74, 6) is 0. The first-order chi connectivity index (χ1) is 15.7. The van der Waals surface area contributed by atoms with Crippen LogP contribution in [0.2, 0.25) is 0 Å². The van der Waals surface area contributed by atoms with E-state index in [0.29, 0.717) is 6.04 Å². The summed E-state index contributed by atoms with van der Waals surface area (Å²) in [5.41, 5.74) is 0. The van der Waals surface area contributed by atoms with Gasteiger partial charge in [0.2, 0.25) is 0 Å². The van der Waals surface area contributed by atoms with Crippen LogP contribution in [0.4, 0.5) is 0 Å². The third-order valence-electron chi connectivity index (χ3n) is 6.45. The van der Waals surface area contributed by atoms with Crippen LogP contribution in [0.5, 0.6) is 0 Å². The van der Waals surface area contributed by atoms with Crippen LogP contribution in [-0.2, 0) is 0 Å². The number of hydrogen-bond acceptors (Lipinski definition) is 1. The zero-order valence-corrected chi connectivity index (χ0v) is 22.6. The number of unbranched alkanes of at least 4 members (excludes halogenated alkanes) is 15. The van der Waals surface area contributed by atoms with Gasteiger partial charge in [-0.3, -0.25) is 0 Å². The standard InChI is InChI=1S/C31H59N/c1-5-7-9-11-13-14-15-16-17-18-19-20-21-22-24-26-28-30-31(32(3)4)29-27-25-23-12-10-8-6-2/h13-14,16-17,28,30-31H,5-12,15,18-27,29H2,1-4H3/b14-13+,17-16+,30-28+. The molecule has 0 aromatic rings. The summed E-state index contributed by atoms with van der Waals surface area (Å²) in [5, 5.41) is 0. The van der Waals surface area contributed by atoms with Crippen LogP contribution in [0, 0.1) is 0 Å². The average molecular weight is 446 g/mol. The summed E-state index contributed by atoms with van der Waals surface area (Å²) in [4.78, 5) is 2.39. The highest BCUT2D eigenvalue weighted by Crippen LogP contribution is 2.14. The van der Waals surface area contributed by atoms with Crippen molar-refractivity contribution in [2.75, 3.05) is 14.1 Å². The second-order valence-electron chi connectivity index (χ2n) is 9.89. The molecule has 0 amide bonds. The fourth-order valence-electron chi connectivity index (χ4n) is 4.16. The first kappa shape index (κ1) is 31.2. The molecule has 0 aromatic heterocycles. The van der Waals surface area contributed by atoms with E-state index in [4.69, 9.17) is 0 Å². The predicted octanol–water partition coefficient (Wildman–Crippen LogP) is 10.4. The summed E-state index contributed by atoms with van der Waals surface area (Å²) < 4.78 is 0. The lowest BCUT2D eigenvalue weighted by molar-refractivity contribution is 0.319. The van der Waals surface area contributed by atoms with Gasteiger partial charge in [0, 0.05) is 6.04 Å². The van der Waals surface area contributed by atoms with Crippen LogP contribution in [0.3, 0.4) is 0 Å². The van der Waals surface area contributed by atoms with Gasteiger partial charge in [-0.25, -0.2) is 0 Å². The molecule has 0 saturated heterocycles. The van der Waals surface area contributed by atoms with E-state index in [1.54, 1.807) is 0 Å². The van der Waals surface area contributed by atoms with Gasteiger partial charge in [0.15, 0.2) is 0 Å². The summed E-state index contributed by atoms with van der Waals surface area (Å²) in [7, 11) is 4.46. The van der Waals surface area contributed by atoms with Crippen LogP contribution in [0.1, 0.15) is 142 Å². The highest BCUT2D eigenvalue weighted by molar-refractivity contribution is 4.93. The van der Waals surface area contributed by atoms with E-state index in [-0.39, 0.29) is 0 Å². The van der Waals surface area contributed by atoms with Crippen molar-refractivity contribution in [1.29, 1.82) is 0 Å². The quantitative estimate of drug-likeness (QED) is 0.105. The maximum Gasteiger partial charge on any atom is 0.0272 e. The van der Waals surface area contributed by atoms with Crippen LogP contribution in [-0.4, -0.2) is 25.0 Å². The molecule has 0 aliphatic carbocycles. The molecule has 0 bridgehead atoms. The lowest BCUT2D eigenvalue weighted by Gasteiger charge is -2.21. The van der Waals surface area contributed by atoms with Gasteiger partial charge >= 0.3 is 0 Å². The Bertz CT molecular complexity index is 432. The van der Waals surface area contributed by atoms with Crippen molar-refractivity contribution in [2.45, 2.75) is 148 Å². The van der Waals surface area contributed by atoms with Gasteiger partial charge in [-0.15, -0.1) is 0 Å². The van der Waals surface area contributed by atoms with E-state index in [9.17, 15) is 0 Å². The van der Waals surface area contributed by atoms with Crippen LogP contribution in [0.15, 0.2) is 36.5 Å². The van der Waals surface area contributed by atoms with Gasteiger partial charge in [-0.05, 0) is 65.5 Å². The Morgan fingerprint density at radius 1 is 0.500 bits per heavy atom. The minimum Gasteiger partial charge on any atom is -0.303 e. The molecule has 0 spiro atoms. The number of allylic oxidation sites excluding steroid dienone is 5. The number of nitrogens with zero attached hydrogens (tertiary/aromatic N) is 1. The Labute approximate surface area is 203 Å². The first-order valence-corrected chi connectivity index (χ1v) is 14.3. The third kappa shape index (κ3) is 23.8. The van der Waals surface area contributed by atoms with E-state index in [2.05, 4.69) is 69.3 Å². The first-order valence-electron chi connectivity index (χ1n) is 14.3. The molecule has 0 aromatic carbocycles. The Kier molecular flexibility index (Phi) is 25.8. The van der Waals surface area contributed by atoms with Gasteiger partial charge in [0.05, 0.1) is 0 Å². The zero-order valence-electron chi connectivity index (χ0n) is 22.6. The minimum absolute atomic E-state index is 0.628. The number of likely N-dealkylation sites (N-methyl/N-ethyl adjacent to an activating group) is 1. The fraction of sp³-hybridized carbons (Fsp3) is 0.806. The molecule has 0 aliphatic heterocycles. The van der Waals surface area contributed by atoms with E-state index >= 15 is 0 Å². The van der Waals surface area contributed by atoms with Crippen LogP contribution in [0.25, 0.3) is 0 Å². The molecule has 1 heteroatoms. The molecule has 0 saturated carbocycles. The van der Waals surface area contributed by atoms with Crippen LogP contribution < -0.4 is 0 Å². The predicted molar refractivity (Wildman–Crippen MR) is 149 cm³/mol. The molecule has 188 valence electrons. The van der Waals surface area contributed by atoms with Crippen molar-refractivity contribution >= 4 is 0 Å². The highest BCUT2D eigenvalue weighted by atomic mass is 15.1. The number of hydrogen-bond donors (Lipinski definition) is 0. The molecule has 0 heterocycles. The van der Waals surface area contributed by atoms with E-state index < -0.39 is 0 Å². The molecule has 1 unspecified atom stereocenters. The van der Waals surface area contributed by atoms with Gasteiger partial charge in [-0.1, -0.05) is 127 Å². The summed E-state index contributed by atoms with van der Waals surface area (Å²) in [6.07, 6.45) is 41.3. The van der Waals surface area contributed by atoms with Gasteiger partial charge in [-0.2, -0.15) is 0 Å². The minimum atomic E-state index is 0.628. The Hall–Kier alpha value is -0.820. The van der Waals surface area contributed by atoms with Gasteiger partial charge < -0.3 is 4.90 Å². The molecule has 0 N–H and O–H groups in total. The van der Waals surface area contributed by atoms with Crippen molar-refractivity contribution in [1.82, 2.24) is 4.90 Å². The maximum atomic E-state index is 2.47. The van der Waals surface area contributed by atoms with Crippen molar-refractivity contribution in [2.24, 2.45) is 0 Å². The molecule has 1 nitrogen and oxygen atoms in total. The molecule has 0 fully saturated rings. The fourth-order valence-corrected chi connectivity index (χ4v) is 4.16. The van der Waals surface area contributed by atoms with Crippen molar-refractivity contribution < 1.29 is 0 Å². The molecule has 32 heavy (non-hydrogen) atoms. The third-order valence-corrected chi connectivity index (χ3v) is 6.45. The summed E-state index contributed by atoms with van der Waals surface area (Å²) in [6.45, 7) is 4.56. The summed E-state index contributed by atoms with van der Waals surface area (Å²) >= 11 is 0. The second kappa shape index (κ2) is 26.4. The Morgan fingerprint density at radius 3 is 1.50 bits per heavy atom. The Balaban J connectivity index is 3.56. The number of rotatable bonds is 24. The molecule has 0 radical (unpaired) electrons. The monoisotopic (exact) mass is 445 g/mol. The lowest BCUT2D eigenvalue weighted by atomic mass is 10.0. The zero-order chi connectivity index (χ0) is 23.5. The largest absolute Gasteiger partial charge is 0.303 e. The topological polar surface area (TPSA) is 3.24 Å². The normalized spacial score (nSPS) is 13.4. The smallest absolute Gasteiger partial charge is 0.0272 e. The molecule has 0 aliphatic rings. The lowest BCUT2D eigenvalue weighted by Crippen LogP contribution is -2.25. The second-order valence-corrected chi connectivity index (χ2v) is 9.89. The Morgan fingerprint density at radius 2 is 0.938 bits per heavy atom. The maximum absolute atomic E-state index is 2.47. The SMILES string of the molecule is CCCCC/C=C/C/C=C/CCCCCCC/C=C/C(CCCCCCCCC)N(C)C. The van der Waals surface area contributed by atoms with Crippen molar-refractivity contribution in [3.05, 3.63) is 36.5 Å². The van der Waals surface area contributed by atoms with Crippen molar-refractivity contribution in [3.63, 3.8) is 0 Å². The van der Waals surface area contributed by atoms with E-state index in [1.807, 2.05) is 0 Å². The highest BCUT2D eigenvalue weighted by Gasteiger charge is 2.06. The van der Waals surface area contributed by atoms with Gasteiger partial charge in [0.25, 0.3) is 0 Å². The average Bonchev–Trinajstić information content (AvgIpc) is 2.78. The molecular weight excluding hydrogens is 386 g/mol. The van der Waals surface area contributed by atoms with Crippen LogP contribution >= 0.6 is 0 Å². The molecule has 0 rings (SSSR count).